The monoisotopic (exact) mass is 327 g/mol. The highest BCUT2D eigenvalue weighted by atomic mass is 79.9. The Hall–Kier alpha value is -1.38. The maximum atomic E-state index is 12.3. The van der Waals surface area contributed by atoms with Crippen molar-refractivity contribution in [2.75, 3.05) is 18.0 Å². The number of nitrogens with zero attached hydrogens (tertiary/aromatic N) is 3. The van der Waals surface area contributed by atoms with Crippen LogP contribution >= 0.6 is 15.9 Å². The summed E-state index contributed by atoms with van der Waals surface area (Å²) in [5.41, 5.74) is -0.463. The second-order valence-corrected chi connectivity index (χ2v) is 4.30. The molecule has 0 spiro atoms. The van der Waals surface area contributed by atoms with Crippen molar-refractivity contribution in [2.24, 2.45) is 0 Å². The lowest BCUT2D eigenvalue weighted by atomic mass is 10.3. The van der Waals surface area contributed by atoms with Crippen LogP contribution in [0.2, 0.25) is 0 Å². The number of aromatic nitrogens is 1. The molecule has 0 amide bonds. The van der Waals surface area contributed by atoms with E-state index in [0.29, 0.717) is 4.47 Å². The molecule has 5 nitrogen and oxygen atoms in total. The van der Waals surface area contributed by atoms with Crippen LogP contribution in [0.5, 0.6) is 0 Å². The Kier molecular flexibility index (Phi) is 4.49. The molecule has 0 fully saturated rings. The zero-order chi connectivity index (χ0) is 13.9. The van der Waals surface area contributed by atoms with E-state index >= 15 is 0 Å². The summed E-state index contributed by atoms with van der Waals surface area (Å²) in [6.07, 6.45) is -3.22. The summed E-state index contributed by atoms with van der Waals surface area (Å²) in [5, 5.41) is 10.8. The smallest absolute Gasteiger partial charge is 0.342 e. The third-order valence-corrected chi connectivity index (χ3v) is 2.50. The summed E-state index contributed by atoms with van der Waals surface area (Å²) in [5.74, 6) is -0.289. The van der Waals surface area contributed by atoms with Crippen LogP contribution in [0.1, 0.15) is 6.92 Å². The van der Waals surface area contributed by atoms with Gasteiger partial charge in [-0.1, -0.05) is 0 Å². The lowest BCUT2D eigenvalue weighted by Gasteiger charge is -2.22. The number of nitro groups is 1. The minimum absolute atomic E-state index is 0.0328. The maximum absolute atomic E-state index is 12.3. The summed E-state index contributed by atoms with van der Waals surface area (Å²) >= 11 is 2.99. The molecule has 0 saturated heterocycles. The molecule has 0 atom stereocenters. The van der Waals surface area contributed by atoms with Gasteiger partial charge in [0.15, 0.2) is 0 Å². The van der Waals surface area contributed by atoms with Gasteiger partial charge >= 0.3 is 11.9 Å². The lowest BCUT2D eigenvalue weighted by Crippen LogP contribution is -2.35. The standard InChI is InChI=1S/C9H9BrF3N3O2/c1-2-15(5-9(11,12)13)8-7(16(17)18)3-6(10)4-14-8/h3-4H,2,5H2,1H3. The molecule has 0 aromatic carbocycles. The van der Waals surface area contributed by atoms with Gasteiger partial charge < -0.3 is 4.90 Å². The number of hydrogen-bond donors (Lipinski definition) is 0. The molecule has 1 rings (SSSR count). The molecular weight excluding hydrogens is 319 g/mol. The van der Waals surface area contributed by atoms with Crippen LogP contribution in [0.3, 0.4) is 0 Å². The minimum atomic E-state index is -4.45. The molecule has 0 unspecified atom stereocenters. The van der Waals surface area contributed by atoms with Gasteiger partial charge in [0.2, 0.25) is 5.82 Å². The van der Waals surface area contributed by atoms with Crippen LogP contribution in [0, 0.1) is 10.1 Å². The average Bonchev–Trinajstić information content (AvgIpc) is 2.24. The van der Waals surface area contributed by atoms with Gasteiger partial charge in [-0.25, -0.2) is 4.98 Å². The summed E-state index contributed by atoms with van der Waals surface area (Å²) in [6, 6.07) is 1.13. The van der Waals surface area contributed by atoms with Crippen molar-refractivity contribution >= 4 is 27.4 Å². The number of anilines is 1. The summed E-state index contributed by atoms with van der Waals surface area (Å²) in [7, 11) is 0. The molecule has 1 aromatic rings. The van der Waals surface area contributed by atoms with Crippen molar-refractivity contribution in [2.45, 2.75) is 13.1 Å². The van der Waals surface area contributed by atoms with E-state index < -0.39 is 23.3 Å². The van der Waals surface area contributed by atoms with Crippen LogP contribution in [0.4, 0.5) is 24.7 Å². The SMILES string of the molecule is CCN(CC(F)(F)F)c1ncc(Br)cc1[N+](=O)[O-]. The zero-order valence-corrected chi connectivity index (χ0v) is 10.8. The number of pyridine rings is 1. The fourth-order valence-corrected chi connectivity index (χ4v) is 1.67. The molecule has 0 bridgehead atoms. The van der Waals surface area contributed by atoms with Crippen molar-refractivity contribution in [3.8, 4) is 0 Å². The van der Waals surface area contributed by atoms with Crippen molar-refractivity contribution in [1.29, 1.82) is 0 Å². The number of hydrogen-bond acceptors (Lipinski definition) is 4. The van der Waals surface area contributed by atoms with Gasteiger partial charge in [-0.3, -0.25) is 10.1 Å². The van der Waals surface area contributed by atoms with E-state index in [1.807, 2.05) is 0 Å². The van der Waals surface area contributed by atoms with Gasteiger partial charge in [0.05, 0.1) is 4.92 Å². The van der Waals surface area contributed by atoms with Crippen LogP contribution in [-0.4, -0.2) is 29.2 Å². The van der Waals surface area contributed by atoms with Crippen LogP contribution in [0.15, 0.2) is 16.7 Å². The Morgan fingerprint density at radius 2 is 2.17 bits per heavy atom. The second kappa shape index (κ2) is 5.51. The predicted octanol–water partition coefficient (Wildman–Crippen LogP) is 3.14. The third-order valence-electron chi connectivity index (χ3n) is 2.06. The summed E-state index contributed by atoms with van der Waals surface area (Å²) in [4.78, 5) is 14.5. The van der Waals surface area contributed by atoms with E-state index in [2.05, 4.69) is 20.9 Å². The Morgan fingerprint density at radius 1 is 1.56 bits per heavy atom. The van der Waals surface area contributed by atoms with Crippen molar-refractivity contribution in [1.82, 2.24) is 4.98 Å². The first-order chi connectivity index (χ1) is 8.24. The van der Waals surface area contributed by atoms with Gasteiger partial charge in [0, 0.05) is 23.3 Å². The molecule has 0 radical (unpaired) electrons. The Balaban J connectivity index is 3.17. The Bertz CT molecular complexity index is 453. The largest absolute Gasteiger partial charge is 0.405 e. The topological polar surface area (TPSA) is 59.3 Å². The van der Waals surface area contributed by atoms with E-state index in [1.54, 1.807) is 0 Å². The molecule has 1 heterocycles. The maximum Gasteiger partial charge on any atom is 0.405 e. The number of alkyl halides is 3. The molecule has 18 heavy (non-hydrogen) atoms. The third kappa shape index (κ3) is 3.83. The molecule has 9 heteroatoms. The Morgan fingerprint density at radius 3 is 2.61 bits per heavy atom. The molecule has 0 aliphatic rings. The molecule has 1 aromatic heterocycles. The van der Waals surface area contributed by atoms with Crippen molar-refractivity contribution in [3.05, 3.63) is 26.9 Å². The number of rotatable bonds is 4. The first kappa shape index (κ1) is 14.7. The zero-order valence-electron chi connectivity index (χ0n) is 9.24. The van der Waals surface area contributed by atoms with E-state index in [1.165, 1.54) is 13.1 Å². The molecule has 0 saturated carbocycles. The molecule has 0 aliphatic carbocycles. The van der Waals surface area contributed by atoms with E-state index in [0.717, 1.165) is 11.0 Å². The molecule has 0 N–H and O–H groups in total. The van der Waals surface area contributed by atoms with Crippen LogP contribution < -0.4 is 4.90 Å². The highest BCUT2D eigenvalue weighted by Gasteiger charge is 2.33. The minimum Gasteiger partial charge on any atom is -0.342 e. The summed E-state index contributed by atoms with van der Waals surface area (Å²) in [6.45, 7) is 0.160. The normalized spacial score (nSPS) is 11.4. The van der Waals surface area contributed by atoms with E-state index in [9.17, 15) is 23.3 Å². The van der Waals surface area contributed by atoms with E-state index in [-0.39, 0.29) is 12.4 Å². The van der Waals surface area contributed by atoms with Crippen molar-refractivity contribution < 1.29 is 18.1 Å². The first-order valence-electron chi connectivity index (χ1n) is 4.86. The van der Waals surface area contributed by atoms with Gasteiger partial charge in [-0.2, -0.15) is 13.2 Å². The first-order valence-corrected chi connectivity index (χ1v) is 5.65. The number of halogens is 4. The Labute approximate surface area is 109 Å². The highest BCUT2D eigenvalue weighted by Crippen LogP contribution is 2.30. The molecule has 100 valence electrons. The predicted molar refractivity (Wildman–Crippen MR) is 62.5 cm³/mol. The van der Waals surface area contributed by atoms with Crippen LogP contribution in [0.25, 0.3) is 0 Å². The fourth-order valence-electron chi connectivity index (χ4n) is 1.35. The van der Waals surface area contributed by atoms with Crippen molar-refractivity contribution in [3.63, 3.8) is 0 Å². The summed E-state index contributed by atoms with van der Waals surface area (Å²) < 4.78 is 37.4. The molecular formula is C9H9BrF3N3O2. The van der Waals surface area contributed by atoms with Gasteiger partial charge in [0.1, 0.15) is 6.54 Å². The fraction of sp³-hybridized carbons (Fsp3) is 0.444. The second-order valence-electron chi connectivity index (χ2n) is 3.38. The van der Waals surface area contributed by atoms with Gasteiger partial charge in [-0.15, -0.1) is 0 Å². The van der Waals surface area contributed by atoms with Crippen LogP contribution in [-0.2, 0) is 0 Å². The highest BCUT2D eigenvalue weighted by molar-refractivity contribution is 9.10. The van der Waals surface area contributed by atoms with Gasteiger partial charge in [-0.05, 0) is 22.9 Å². The van der Waals surface area contributed by atoms with Gasteiger partial charge in [0.25, 0.3) is 0 Å². The molecule has 0 aliphatic heterocycles. The lowest BCUT2D eigenvalue weighted by molar-refractivity contribution is -0.384. The quantitative estimate of drug-likeness (QED) is 0.629. The van der Waals surface area contributed by atoms with E-state index in [4.69, 9.17) is 0 Å². The average molecular weight is 328 g/mol.